The Hall–Kier alpha value is -1.35. The molecule has 1 aromatic carbocycles. The molecule has 0 aliphatic carbocycles. The molecule has 0 amide bonds. The maximum atomic E-state index is 5.25. The fraction of sp³-hybridized carbons (Fsp3) is 0.308. The third-order valence-electron chi connectivity index (χ3n) is 2.60. The number of nitrogens with one attached hydrogen (secondary N) is 1. The first-order chi connectivity index (χ1) is 7.70. The third kappa shape index (κ3) is 2.25. The van der Waals surface area contributed by atoms with E-state index in [1.165, 1.54) is 12.0 Å². The Morgan fingerprint density at radius 1 is 1.25 bits per heavy atom. The van der Waals surface area contributed by atoms with Gasteiger partial charge >= 0.3 is 0 Å². The average Bonchev–Trinajstić information content (AvgIpc) is 2.59. The minimum atomic E-state index is 0.751. The molecule has 3 heteroatoms. The zero-order valence-corrected chi connectivity index (χ0v) is 10.5. The Bertz CT molecular complexity index is 520. The molecule has 0 aliphatic rings. The molecule has 0 saturated heterocycles. The average molecular weight is 232 g/mol. The SMILES string of the molecule is CCCc1ccc(-n2cc(C)[nH]c2=S)cc1. The summed E-state index contributed by atoms with van der Waals surface area (Å²) in [6.07, 6.45) is 4.34. The van der Waals surface area contributed by atoms with Crippen LogP contribution in [0.15, 0.2) is 30.5 Å². The summed E-state index contributed by atoms with van der Waals surface area (Å²) in [5.41, 5.74) is 3.59. The fourth-order valence-corrected chi connectivity index (χ4v) is 2.14. The van der Waals surface area contributed by atoms with Crippen molar-refractivity contribution in [2.24, 2.45) is 0 Å². The van der Waals surface area contributed by atoms with Crippen LogP contribution >= 0.6 is 12.2 Å². The largest absolute Gasteiger partial charge is 0.335 e. The minimum absolute atomic E-state index is 0.751. The normalized spacial score (nSPS) is 10.6. The van der Waals surface area contributed by atoms with Crippen LogP contribution in [-0.4, -0.2) is 9.55 Å². The van der Waals surface area contributed by atoms with Crippen molar-refractivity contribution in [2.45, 2.75) is 26.7 Å². The molecule has 0 aliphatic heterocycles. The number of aromatic nitrogens is 2. The summed E-state index contributed by atoms with van der Waals surface area (Å²) < 4.78 is 2.75. The number of hydrogen-bond donors (Lipinski definition) is 1. The van der Waals surface area contributed by atoms with Crippen molar-refractivity contribution in [1.82, 2.24) is 9.55 Å². The van der Waals surface area contributed by atoms with Gasteiger partial charge in [-0.15, -0.1) is 0 Å². The second-order valence-electron chi connectivity index (χ2n) is 4.03. The Labute approximate surface area is 101 Å². The Morgan fingerprint density at radius 3 is 2.44 bits per heavy atom. The molecular formula is C13H16N2S. The van der Waals surface area contributed by atoms with Gasteiger partial charge in [0.15, 0.2) is 4.77 Å². The van der Waals surface area contributed by atoms with Gasteiger partial charge in [0, 0.05) is 17.6 Å². The summed E-state index contributed by atoms with van der Waals surface area (Å²) in [6.45, 7) is 4.21. The van der Waals surface area contributed by atoms with E-state index in [9.17, 15) is 0 Å². The third-order valence-corrected chi connectivity index (χ3v) is 2.90. The molecular weight excluding hydrogens is 216 g/mol. The highest BCUT2D eigenvalue weighted by atomic mass is 32.1. The summed E-state index contributed by atoms with van der Waals surface area (Å²) in [4.78, 5) is 3.12. The molecule has 0 bridgehead atoms. The van der Waals surface area contributed by atoms with Crippen LogP contribution in [0.5, 0.6) is 0 Å². The van der Waals surface area contributed by atoms with E-state index < -0.39 is 0 Å². The van der Waals surface area contributed by atoms with E-state index in [0.29, 0.717) is 0 Å². The van der Waals surface area contributed by atoms with E-state index in [-0.39, 0.29) is 0 Å². The fourth-order valence-electron chi connectivity index (χ4n) is 1.82. The number of hydrogen-bond acceptors (Lipinski definition) is 1. The van der Waals surface area contributed by atoms with Gasteiger partial charge in [-0.25, -0.2) is 0 Å². The van der Waals surface area contributed by atoms with Gasteiger partial charge in [-0.1, -0.05) is 25.5 Å². The van der Waals surface area contributed by atoms with Crippen LogP contribution in [0.25, 0.3) is 5.69 Å². The summed E-state index contributed by atoms with van der Waals surface area (Å²) >= 11 is 5.25. The lowest BCUT2D eigenvalue weighted by atomic mass is 10.1. The van der Waals surface area contributed by atoms with Gasteiger partial charge in [-0.3, -0.25) is 4.57 Å². The monoisotopic (exact) mass is 232 g/mol. The smallest absolute Gasteiger partial charge is 0.181 e. The number of imidazole rings is 1. The Kier molecular flexibility index (Phi) is 3.25. The van der Waals surface area contributed by atoms with Crippen molar-refractivity contribution >= 4 is 12.2 Å². The molecule has 16 heavy (non-hydrogen) atoms. The van der Waals surface area contributed by atoms with Crippen molar-refractivity contribution in [3.8, 4) is 5.69 Å². The molecule has 1 N–H and O–H groups in total. The molecule has 0 fully saturated rings. The first-order valence-electron chi connectivity index (χ1n) is 5.58. The van der Waals surface area contributed by atoms with Crippen molar-refractivity contribution in [3.05, 3.63) is 46.5 Å². The van der Waals surface area contributed by atoms with E-state index in [0.717, 1.165) is 22.6 Å². The molecule has 0 unspecified atom stereocenters. The van der Waals surface area contributed by atoms with Gasteiger partial charge in [0.2, 0.25) is 0 Å². The molecule has 2 aromatic rings. The van der Waals surface area contributed by atoms with Crippen LogP contribution in [0.2, 0.25) is 0 Å². The number of H-pyrrole nitrogens is 1. The molecule has 84 valence electrons. The van der Waals surface area contributed by atoms with E-state index in [1.807, 2.05) is 17.7 Å². The molecule has 1 heterocycles. The zero-order valence-electron chi connectivity index (χ0n) is 9.66. The maximum absolute atomic E-state index is 5.25. The predicted molar refractivity (Wildman–Crippen MR) is 69.7 cm³/mol. The highest BCUT2D eigenvalue weighted by molar-refractivity contribution is 7.71. The summed E-state index contributed by atoms with van der Waals surface area (Å²) in [6, 6.07) is 8.58. The lowest BCUT2D eigenvalue weighted by Crippen LogP contribution is -1.92. The van der Waals surface area contributed by atoms with Crippen LogP contribution in [0.4, 0.5) is 0 Å². The van der Waals surface area contributed by atoms with E-state index in [1.54, 1.807) is 0 Å². The van der Waals surface area contributed by atoms with Crippen LogP contribution < -0.4 is 0 Å². The minimum Gasteiger partial charge on any atom is -0.335 e. The van der Waals surface area contributed by atoms with Gasteiger partial charge in [0.05, 0.1) is 0 Å². The number of rotatable bonds is 3. The van der Waals surface area contributed by atoms with Crippen molar-refractivity contribution in [2.75, 3.05) is 0 Å². The highest BCUT2D eigenvalue weighted by Crippen LogP contribution is 2.12. The number of nitrogens with zero attached hydrogens (tertiary/aromatic N) is 1. The molecule has 1 aromatic heterocycles. The van der Waals surface area contributed by atoms with E-state index >= 15 is 0 Å². The maximum Gasteiger partial charge on any atom is 0.181 e. The molecule has 0 radical (unpaired) electrons. The Morgan fingerprint density at radius 2 is 1.94 bits per heavy atom. The quantitative estimate of drug-likeness (QED) is 0.798. The summed E-state index contributed by atoms with van der Waals surface area (Å²) in [5.74, 6) is 0. The van der Waals surface area contributed by atoms with E-state index in [4.69, 9.17) is 12.2 Å². The van der Waals surface area contributed by atoms with Crippen LogP contribution in [0.1, 0.15) is 24.6 Å². The molecule has 0 saturated carbocycles. The first kappa shape index (κ1) is 11.1. The van der Waals surface area contributed by atoms with Crippen LogP contribution in [0.3, 0.4) is 0 Å². The lowest BCUT2D eigenvalue weighted by Gasteiger charge is -2.03. The molecule has 0 spiro atoms. The molecule has 2 nitrogen and oxygen atoms in total. The summed E-state index contributed by atoms with van der Waals surface area (Å²) in [7, 11) is 0. The van der Waals surface area contributed by atoms with Crippen molar-refractivity contribution < 1.29 is 0 Å². The standard InChI is InChI=1S/C13H16N2S/c1-3-4-11-5-7-12(8-6-11)15-9-10(2)14-13(15)16/h5-9H,3-4H2,1-2H3,(H,14,16). The zero-order chi connectivity index (χ0) is 11.5. The van der Waals surface area contributed by atoms with Gasteiger partial charge in [-0.05, 0) is 43.3 Å². The second-order valence-corrected chi connectivity index (χ2v) is 4.42. The first-order valence-corrected chi connectivity index (χ1v) is 5.99. The second kappa shape index (κ2) is 4.66. The number of aryl methyl sites for hydroxylation is 2. The van der Waals surface area contributed by atoms with Crippen molar-refractivity contribution in [1.29, 1.82) is 0 Å². The van der Waals surface area contributed by atoms with Gasteiger partial charge in [-0.2, -0.15) is 0 Å². The van der Waals surface area contributed by atoms with Gasteiger partial charge < -0.3 is 4.98 Å². The van der Waals surface area contributed by atoms with Gasteiger partial charge in [0.25, 0.3) is 0 Å². The highest BCUT2D eigenvalue weighted by Gasteiger charge is 1.99. The van der Waals surface area contributed by atoms with Gasteiger partial charge in [0.1, 0.15) is 0 Å². The number of benzene rings is 1. The van der Waals surface area contributed by atoms with Crippen molar-refractivity contribution in [3.63, 3.8) is 0 Å². The topological polar surface area (TPSA) is 20.7 Å². The van der Waals surface area contributed by atoms with Crippen LogP contribution in [0, 0.1) is 11.7 Å². The molecule has 2 rings (SSSR count). The summed E-state index contributed by atoms with van der Waals surface area (Å²) in [5, 5.41) is 0. The predicted octanol–water partition coefficient (Wildman–Crippen LogP) is 3.80. The Balaban J connectivity index is 2.34. The number of aromatic amines is 1. The lowest BCUT2D eigenvalue weighted by molar-refractivity contribution is 0.919. The van der Waals surface area contributed by atoms with E-state index in [2.05, 4.69) is 36.2 Å². The molecule has 0 atom stereocenters. The van der Waals surface area contributed by atoms with Crippen LogP contribution in [-0.2, 0) is 6.42 Å².